The Hall–Kier alpha value is -2.71. The minimum atomic E-state index is -1.91. The summed E-state index contributed by atoms with van der Waals surface area (Å²) in [5, 5.41) is 13.9. The highest BCUT2D eigenvalue weighted by molar-refractivity contribution is 7.80. The van der Waals surface area contributed by atoms with Crippen molar-refractivity contribution in [3.05, 3.63) is 44.8 Å². The highest BCUT2D eigenvalue weighted by atomic mass is 32.1. The molecule has 1 amide bonds. The highest BCUT2D eigenvalue weighted by Gasteiger charge is 2.31. The number of carbonyl (C=O) groups is 1. The van der Waals surface area contributed by atoms with E-state index in [4.69, 9.17) is 12.2 Å². The molecule has 146 valence electrons. The van der Waals surface area contributed by atoms with E-state index in [9.17, 15) is 27.6 Å². The molecule has 1 aromatic carbocycles. The molecule has 0 saturated carbocycles. The lowest BCUT2D eigenvalue weighted by Gasteiger charge is -2.12. The van der Waals surface area contributed by atoms with Crippen LogP contribution in [0.25, 0.3) is 0 Å². The fourth-order valence-electron chi connectivity index (χ4n) is 2.90. The predicted molar refractivity (Wildman–Crippen MR) is 97.6 cm³/mol. The predicted octanol–water partition coefficient (Wildman–Crippen LogP) is 3.80. The van der Waals surface area contributed by atoms with E-state index in [-0.39, 0.29) is 5.11 Å². The van der Waals surface area contributed by atoms with Gasteiger partial charge in [0.1, 0.15) is 16.6 Å². The molecule has 0 fully saturated rings. The van der Waals surface area contributed by atoms with Gasteiger partial charge in [0.25, 0.3) is 5.91 Å². The molecule has 28 heavy (non-hydrogen) atoms. The van der Waals surface area contributed by atoms with Crippen molar-refractivity contribution in [1.29, 1.82) is 5.26 Å². The van der Waals surface area contributed by atoms with E-state index in [2.05, 4.69) is 16.1 Å². The monoisotopic (exact) mass is 429 g/mol. The number of methoxy groups -OCH3 is 1. The fourth-order valence-corrected chi connectivity index (χ4v) is 4.40. The molecule has 0 saturated heterocycles. The third-order valence-corrected chi connectivity index (χ3v) is 5.55. The SMILES string of the molecule is COc1c(F)c(F)c(C(=O)NC(=S)Nc2sc3c(c2C#N)CCC3)c(F)c1F. The van der Waals surface area contributed by atoms with Crippen LogP contribution in [-0.4, -0.2) is 18.1 Å². The Morgan fingerprint density at radius 3 is 2.39 bits per heavy atom. The number of nitriles is 1. The lowest BCUT2D eigenvalue weighted by Crippen LogP contribution is -2.35. The van der Waals surface area contributed by atoms with Crippen LogP contribution in [0, 0.1) is 34.6 Å². The van der Waals surface area contributed by atoms with Gasteiger partial charge in [0.05, 0.1) is 12.7 Å². The van der Waals surface area contributed by atoms with E-state index in [0.29, 0.717) is 10.6 Å². The first-order chi connectivity index (χ1) is 13.3. The molecule has 11 heteroatoms. The number of nitrogens with zero attached hydrogens (tertiary/aromatic N) is 1. The number of aryl methyl sites for hydroxylation is 1. The standard InChI is InChI=1S/C17H11F4N3O2S2/c1-26-14-12(20)10(18)9(11(19)13(14)21)15(25)23-17(27)24-16-7(5-22)6-3-2-4-8(6)28-16/h2-4H2,1H3,(H2,23,24,25,27). The van der Waals surface area contributed by atoms with Gasteiger partial charge in [-0.3, -0.25) is 10.1 Å². The topological polar surface area (TPSA) is 74.2 Å². The Labute approximate surface area is 165 Å². The summed E-state index contributed by atoms with van der Waals surface area (Å²) in [5.41, 5.74) is -0.192. The highest BCUT2D eigenvalue weighted by Crippen LogP contribution is 2.38. The second kappa shape index (κ2) is 7.73. The fraction of sp³-hybridized carbons (Fsp3) is 0.235. The maximum absolute atomic E-state index is 14.0. The van der Waals surface area contributed by atoms with Gasteiger partial charge in [0.15, 0.2) is 22.5 Å². The van der Waals surface area contributed by atoms with Crippen molar-refractivity contribution in [2.75, 3.05) is 12.4 Å². The maximum atomic E-state index is 14.0. The molecule has 1 aliphatic carbocycles. The molecule has 0 aliphatic heterocycles. The number of anilines is 1. The van der Waals surface area contributed by atoms with Gasteiger partial charge < -0.3 is 10.1 Å². The van der Waals surface area contributed by atoms with E-state index in [1.807, 2.05) is 5.32 Å². The van der Waals surface area contributed by atoms with E-state index < -0.39 is 40.5 Å². The van der Waals surface area contributed by atoms with Crippen LogP contribution in [0.4, 0.5) is 22.6 Å². The zero-order valence-electron chi connectivity index (χ0n) is 14.2. The number of rotatable bonds is 3. The van der Waals surface area contributed by atoms with Crippen molar-refractivity contribution < 1.29 is 27.1 Å². The summed E-state index contributed by atoms with van der Waals surface area (Å²) in [6.07, 6.45) is 2.50. The number of thiophene rings is 1. The second-order valence-corrected chi connectivity index (χ2v) is 7.26. The third kappa shape index (κ3) is 3.29. The summed E-state index contributed by atoms with van der Waals surface area (Å²) in [6.45, 7) is 0. The second-order valence-electron chi connectivity index (χ2n) is 5.75. The lowest BCUT2D eigenvalue weighted by atomic mass is 10.1. The Morgan fingerprint density at radius 1 is 1.18 bits per heavy atom. The van der Waals surface area contributed by atoms with Crippen molar-refractivity contribution in [3.8, 4) is 11.8 Å². The summed E-state index contributed by atoms with van der Waals surface area (Å²) >= 11 is 6.21. The molecule has 1 aromatic heterocycles. The molecule has 1 heterocycles. The molecule has 0 radical (unpaired) electrons. The number of fused-ring (bicyclic) bond motifs is 1. The molecule has 2 N–H and O–H groups in total. The Morgan fingerprint density at radius 2 is 1.82 bits per heavy atom. The number of amides is 1. The van der Waals surface area contributed by atoms with Crippen LogP contribution in [0.15, 0.2) is 0 Å². The number of halogens is 4. The van der Waals surface area contributed by atoms with E-state index in [1.54, 1.807) is 0 Å². The van der Waals surface area contributed by atoms with Gasteiger partial charge in [0, 0.05) is 4.88 Å². The molecule has 0 unspecified atom stereocenters. The van der Waals surface area contributed by atoms with Crippen LogP contribution in [0.1, 0.15) is 32.8 Å². The molecular formula is C17H11F4N3O2S2. The summed E-state index contributed by atoms with van der Waals surface area (Å²) < 4.78 is 59.8. The summed E-state index contributed by atoms with van der Waals surface area (Å²) in [4.78, 5) is 13.1. The van der Waals surface area contributed by atoms with Crippen molar-refractivity contribution in [3.63, 3.8) is 0 Å². The molecule has 5 nitrogen and oxygen atoms in total. The number of ether oxygens (including phenoxy) is 1. The van der Waals surface area contributed by atoms with Crippen LogP contribution in [0.2, 0.25) is 0 Å². The quantitative estimate of drug-likeness (QED) is 0.441. The molecule has 1 aliphatic rings. The molecule has 3 rings (SSSR count). The van der Waals surface area contributed by atoms with Crippen LogP contribution in [0.5, 0.6) is 5.75 Å². The maximum Gasteiger partial charge on any atom is 0.263 e. The van der Waals surface area contributed by atoms with Crippen LogP contribution >= 0.6 is 23.6 Å². The molecule has 0 spiro atoms. The number of thiocarbonyl (C=S) groups is 1. The Bertz CT molecular complexity index is 1020. The van der Waals surface area contributed by atoms with E-state index in [1.165, 1.54) is 11.3 Å². The zero-order chi connectivity index (χ0) is 20.6. The van der Waals surface area contributed by atoms with Gasteiger partial charge >= 0.3 is 0 Å². The molecule has 0 bridgehead atoms. The summed E-state index contributed by atoms with van der Waals surface area (Å²) in [5.74, 6) is -10.3. The van der Waals surface area contributed by atoms with Gasteiger partial charge in [-0.2, -0.15) is 14.0 Å². The molecule has 2 aromatic rings. The first-order valence-corrected chi connectivity index (χ1v) is 9.09. The molecule has 0 atom stereocenters. The Balaban J connectivity index is 1.83. The normalized spacial score (nSPS) is 12.3. The van der Waals surface area contributed by atoms with Crippen molar-refractivity contribution in [2.24, 2.45) is 0 Å². The van der Waals surface area contributed by atoms with Gasteiger partial charge in [-0.05, 0) is 37.0 Å². The summed E-state index contributed by atoms with van der Waals surface area (Å²) in [6, 6.07) is 2.05. The number of carbonyl (C=O) groups excluding carboxylic acids is 1. The van der Waals surface area contributed by atoms with Crippen LogP contribution < -0.4 is 15.4 Å². The summed E-state index contributed by atoms with van der Waals surface area (Å²) in [7, 11) is 0.824. The van der Waals surface area contributed by atoms with Gasteiger partial charge in [0.2, 0.25) is 11.6 Å². The van der Waals surface area contributed by atoms with Crippen molar-refractivity contribution >= 4 is 39.6 Å². The third-order valence-electron chi connectivity index (χ3n) is 4.14. The van der Waals surface area contributed by atoms with Gasteiger partial charge in [-0.15, -0.1) is 11.3 Å². The number of benzene rings is 1. The van der Waals surface area contributed by atoms with Crippen molar-refractivity contribution in [2.45, 2.75) is 19.3 Å². The van der Waals surface area contributed by atoms with Crippen molar-refractivity contribution in [1.82, 2.24) is 5.32 Å². The average molecular weight is 429 g/mol. The van der Waals surface area contributed by atoms with E-state index in [0.717, 1.165) is 36.8 Å². The van der Waals surface area contributed by atoms with Crippen LogP contribution in [-0.2, 0) is 12.8 Å². The minimum absolute atomic E-state index is 0.378. The minimum Gasteiger partial charge on any atom is -0.491 e. The lowest BCUT2D eigenvalue weighted by molar-refractivity contribution is 0.0966. The smallest absolute Gasteiger partial charge is 0.263 e. The Kier molecular flexibility index (Phi) is 5.53. The largest absolute Gasteiger partial charge is 0.491 e. The van der Waals surface area contributed by atoms with Gasteiger partial charge in [-0.1, -0.05) is 0 Å². The zero-order valence-corrected chi connectivity index (χ0v) is 15.8. The first kappa shape index (κ1) is 20.0. The molecular weight excluding hydrogens is 418 g/mol. The first-order valence-electron chi connectivity index (χ1n) is 7.87. The number of hydrogen-bond acceptors (Lipinski definition) is 5. The average Bonchev–Trinajstić information content (AvgIpc) is 3.21. The van der Waals surface area contributed by atoms with E-state index >= 15 is 0 Å². The number of nitrogens with one attached hydrogen (secondary N) is 2. The number of hydrogen-bond donors (Lipinski definition) is 2. The van der Waals surface area contributed by atoms with Crippen LogP contribution in [0.3, 0.4) is 0 Å². The van der Waals surface area contributed by atoms with Gasteiger partial charge in [-0.25, -0.2) is 8.78 Å².